The second kappa shape index (κ2) is 3.51. The van der Waals surface area contributed by atoms with Crippen molar-refractivity contribution in [3.8, 4) is 11.4 Å². The number of imidazole rings is 1. The number of aryl methyl sites for hydroxylation is 1. The molecule has 0 fully saturated rings. The minimum Gasteiger partial charge on any atom is -0.333 e. The topological polar surface area (TPSA) is 87.3 Å². The first-order chi connectivity index (χ1) is 8.25. The lowest BCUT2D eigenvalue weighted by Gasteiger charge is -1.92. The van der Waals surface area contributed by atoms with E-state index >= 15 is 0 Å². The Balaban J connectivity index is 2.31. The van der Waals surface area contributed by atoms with Crippen LogP contribution in [-0.2, 0) is 0 Å². The van der Waals surface area contributed by atoms with Crippen molar-refractivity contribution in [3.63, 3.8) is 0 Å². The van der Waals surface area contributed by atoms with Crippen LogP contribution < -0.4 is 5.56 Å². The molecule has 0 atom stereocenters. The van der Waals surface area contributed by atoms with E-state index in [1.807, 2.05) is 12.1 Å². The first kappa shape index (κ1) is 9.71. The molecule has 0 aliphatic heterocycles. The Kier molecular flexibility index (Phi) is 2.01. The van der Waals surface area contributed by atoms with Crippen molar-refractivity contribution < 1.29 is 0 Å². The molecule has 3 aromatic rings. The summed E-state index contributed by atoms with van der Waals surface area (Å²) in [6.45, 7) is 1.80. The van der Waals surface area contributed by atoms with Gasteiger partial charge in [-0.05, 0) is 19.1 Å². The van der Waals surface area contributed by atoms with Gasteiger partial charge in [0.2, 0.25) is 0 Å². The summed E-state index contributed by atoms with van der Waals surface area (Å²) in [7, 11) is 0. The number of aromatic nitrogens is 5. The van der Waals surface area contributed by atoms with E-state index in [1.54, 1.807) is 19.3 Å². The lowest BCUT2D eigenvalue weighted by molar-refractivity contribution is 0.965. The summed E-state index contributed by atoms with van der Waals surface area (Å²) >= 11 is 0. The highest BCUT2D eigenvalue weighted by molar-refractivity contribution is 5.79. The van der Waals surface area contributed by atoms with Crippen molar-refractivity contribution in [2.24, 2.45) is 0 Å². The van der Waals surface area contributed by atoms with Gasteiger partial charge in [-0.15, -0.1) is 0 Å². The third-order valence-corrected chi connectivity index (χ3v) is 2.53. The molecule has 6 nitrogen and oxygen atoms in total. The summed E-state index contributed by atoms with van der Waals surface area (Å²) in [6.07, 6.45) is 3.38. The summed E-state index contributed by atoms with van der Waals surface area (Å²) in [5, 5.41) is 6.29. The van der Waals surface area contributed by atoms with Crippen LogP contribution in [0.4, 0.5) is 0 Å². The second-order valence-corrected chi connectivity index (χ2v) is 3.69. The van der Waals surface area contributed by atoms with Crippen LogP contribution in [0.25, 0.3) is 22.4 Å². The first-order valence-corrected chi connectivity index (χ1v) is 5.11. The van der Waals surface area contributed by atoms with E-state index in [1.165, 1.54) is 0 Å². The molecule has 0 aliphatic carbocycles. The van der Waals surface area contributed by atoms with Crippen LogP contribution in [0.3, 0.4) is 0 Å². The van der Waals surface area contributed by atoms with Gasteiger partial charge in [0, 0.05) is 18.0 Å². The number of hydrogen-bond donors (Lipinski definition) is 2. The molecule has 84 valence electrons. The van der Waals surface area contributed by atoms with E-state index in [0.29, 0.717) is 22.6 Å². The number of rotatable bonds is 1. The van der Waals surface area contributed by atoms with Gasteiger partial charge in [0.15, 0.2) is 0 Å². The molecule has 3 rings (SSSR count). The molecule has 3 aromatic heterocycles. The molecular weight excluding hydrogens is 218 g/mol. The Hall–Kier alpha value is -2.50. The number of nitrogens with one attached hydrogen (secondary N) is 2. The number of aromatic amines is 2. The minimum absolute atomic E-state index is 0.270. The summed E-state index contributed by atoms with van der Waals surface area (Å²) in [4.78, 5) is 22.9. The maximum absolute atomic E-state index is 11.6. The number of hydrogen-bond acceptors (Lipinski definition) is 4. The summed E-state index contributed by atoms with van der Waals surface area (Å²) in [5.74, 6) is 0.620. The Labute approximate surface area is 95.8 Å². The van der Waals surface area contributed by atoms with Crippen LogP contribution in [0.2, 0.25) is 0 Å². The van der Waals surface area contributed by atoms with Gasteiger partial charge in [-0.1, -0.05) is 0 Å². The Morgan fingerprint density at radius 1 is 1.35 bits per heavy atom. The van der Waals surface area contributed by atoms with Crippen LogP contribution in [0.5, 0.6) is 0 Å². The van der Waals surface area contributed by atoms with Gasteiger partial charge < -0.3 is 4.98 Å². The predicted molar refractivity (Wildman–Crippen MR) is 62.5 cm³/mol. The highest BCUT2D eigenvalue weighted by Crippen LogP contribution is 2.18. The fraction of sp³-hybridized carbons (Fsp3) is 0.0909. The average molecular weight is 227 g/mol. The summed E-state index contributed by atoms with van der Waals surface area (Å²) in [5.41, 5.74) is 2.28. The molecule has 0 aliphatic rings. The lowest BCUT2D eigenvalue weighted by atomic mass is 10.3. The molecule has 0 unspecified atom stereocenters. The van der Waals surface area contributed by atoms with Gasteiger partial charge >= 0.3 is 0 Å². The van der Waals surface area contributed by atoms with Crippen molar-refractivity contribution >= 4 is 11.0 Å². The minimum atomic E-state index is -0.270. The number of fused-ring (bicyclic) bond motifs is 1. The van der Waals surface area contributed by atoms with E-state index in [2.05, 4.69) is 25.1 Å². The monoisotopic (exact) mass is 227 g/mol. The Morgan fingerprint density at radius 2 is 2.24 bits per heavy atom. The quantitative estimate of drug-likeness (QED) is 0.649. The van der Waals surface area contributed by atoms with Crippen molar-refractivity contribution in [2.75, 3.05) is 0 Å². The van der Waals surface area contributed by atoms with E-state index < -0.39 is 0 Å². The van der Waals surface area contributed by atoms with Crippen molar-refractivity contribution in [2.45, 2.75) is 6.92 Å². The molecule has 0 amide bonds. The van der Waals surface area contributed by atoms with Gasteiger partial charge in [-0.25, -0.2) is 10.1 Å². The molecule has 3 heterocycles. The van der Waals surface area contributed by atoms with Crippen LogP contribution in [-0.4, -0.2) is 25.1 Å². The zero-order valence-corrected chi connectivity index (χ0v) is 9.06. The molecular formula is C11H9N5O. The molecule has 6 heteroatoms. The van der Waals surface area contributed by atoms with Gasteiger partial charge in [0.25, 0.3) is 5.56 Å². The van der Waals surface area contributed by atoms with E-state index in [4.69, 9.17) is 0 Å². The average Bonchev–Trinajstić information content (AvgIpc) is 2.81. The smallest absolute Gasteiger partial charge is 0.290 e. The highest BCUT2D eigenvalue weighted by atomic mass is 16.1. The van der Waals surface area contributed by atoms with E-state index in [0.717, 1.165) is 5.56 Å². The van der Waals surface area contributed by atoms with Gasteiger partial charge in [0.1, 0.15) is 16.9 Å². The zero-order chi connectivity index (χ0) is 11.8. The zero-order valence-electron chi connectivity index (χ0n) is 9.06. The molecule has 0 radical (unpaired) electrons. The number of pyridine rings is 1. The predicted octanol–water partition coefficient (Wildman–Crippen LogP) is 1.02. The third kappa shape index (κ3) is 1.50. The van der Waals surface area contributed by atoms with Crippen LogP contribution in [0.1, 0.15) is 5.69 Å². The van der Waals surface area contributed by atoms with Gasteiger partial charge in [-0.2, -0.15) is 5.10 Å². The SMILES string of the molecule is Cc1n[nH]c(=O)c2[nH]c(-c3cccnc3)nc12. The van der Waals surface area contributed by atoms with E-state index in [9.17, 15) is 4.79 Å². The lowest BCUT2D eigenvalue weighted by Crippen LogP contribution is -2.09. The first-order valence-electron chi connectivity index (χ1n) is 5.11. The second-order valence-electron chi connectivity index (χ2n) is 3.69. The van der Waals surface area contributed by atoms with Gasteiger partial charge in [-0.3, -0.25) is 9.78 Å². The Morgan fingerprint density at radius 3 is 2.94 bits per heavy atom. The van der Waals surface area contributed by atoms with Crippen molar-refractivity contribution in [3.05, 3.63) is 40.6 Å². The molecule has 0 bridgehead atoms. The molecule has 0 saturated carbocycles. The molecule has 0 aromatic carbocycles. The fourth-order valence-electron chi connectivity index (χ4n) is 1.68. The van der Waals surface area contributed by atoms with Gasteiger partial charge in [0.05, 0.1) is 5.69 Å². The van der Waals surface area contributed by atoms with Crippen LogP contribution in [0.15, 0.2) is 29.3 Å². The van der Waals surface area contributed by atoms with Crippen LogP contribution in [0, 0.1) is 6.92 Å². The number of nitrogens with zero attached hydrogens (tertiary/aromatic N) is 3. The normalized spacial score (nSPS) is 10.9. The molecule has 17 heavy (non-hydrogen) atoms. The standard InChI is InChI=1S/C11H9N5O/c1-6-8-9(11(17)16-15-6)14-10(13-8)7-3-2-4-12-5-7/h2-5H,1H3,(H,13,14)(H,16,17). The molecule has 2 N–H and O–H groups in total. The van der Waals surface area contributed by atoms with Crippen molar-refractivity contribution in [1.82, 2.24) is 25.1 Å². The number of H-pyrrole nitrogens is 2. The fourth-order valence-corrected chi connectivity index (χ4v) is 1.68. The highest BCUT2D eigenvalue weighted by Gasteiger charge is 2.10. The largest absolute Gasteiger partial charge is 0.333 e. The molecule has 0 spiro atoms. The third-order valence-electron chi connectivity index (χ3n) is 2.53. The summed E-state index contributed by atoms with van der Waals surface area (Å²) < 4.78 is 0. The van der Waals surface area contributed by atoms with Crippen molar-refractivity contribution in [1.29, 1.82) is 0 Å². The maximum atomic E-state index is 11.6. The molecule has 0 saturated heterocycles. The maximum Gasteiger partial charge on any atom is 0.290 e. The van der Waals surface area contributed by atoms with Crippen LogP contribution >= 0.6 is 0 Å². The van der Waals surface area contributed by atoms with E-state index in [-0.39, 0.29) is 5.56 Å². The Bertz CT molecular complexity index is 728. The summed E-state index contributed by atoms with van der Waals surface area (Å²) in [6, 6.07) is 3.69.